The van der Waals surface area contributed by atoms with Gasteiger partial charge in [0.15, 0.2) is 5.82 Å². The van der Waals surface area contributed by atoms with Crippen LogP contribution in [0.4, 0.5) is 0 Å². The molecule has 0 bridgehead atoms. The van der Waals surface area contributed by atoms with Gasteiger partial charge >= 0.3 is 0 Å². The number of hydrogen-bond donors (Lipinski definition) is 1. The maximum atomic E-state index is 5.69. The fourth-order valence-corrected chi connectivity index (χ4v) is 3.38. The van der Waals surface area contributed by atoms with Crippen LogP contribution in [0.15, 0.2) is 28.8 Å². The van der Waals surface area contributed by atoms with Crippen molar-refractivity contribution in [1.29, 1.82) is 0 Å². The second-order valence-electron chi connectivity index (χ2n) is 6.16. The molecule has 0 amide bonds. The first kappa shape index (κ1) is 13.9. The minimum Gasteiger partial charge on any atom is -0.375 e. The molecule has 2 unspecified atom stereocenters. The van der Waals surface area contributed by atoms with Gasteiger partial charge in [-0.2, -0.15) is 4.98 Å². The number of benzene rings is 1. The molecule has 116 valence electrons. The van der Waals surface area contributed by atoms with Crippen LogP contribution in [0.1, 0.15) is 35.2 Å². The second kappa shape index (κ2) is 6.18. The molecule has 1 fully saturated rings. The van der Waals surface area contributed by atoms with Crippen molar-refractivity contribution in [2.24, 2.45) is 0 Å². The van der Waals surface area contributed by atoms with Crippen molar-refractivity contribution in [3.63, 3.8) is 0 Å². The lowest BCUT2D eigenvalue weighted by molar-refractivity contribution is 0.0246. The van der Waals surface area contributed by atoms with E-state index in [4.69, 9.17) is 9.26 Å². The summed E-state index contributed by atoms with van der Waals surface area (Å²) in [4.78, 5) is 4.62. The van der Waals surface area contributed by atoms with Crippen LogP contribution in [0, 0.1) is 0 Å². The molecule has 5 nitrogen and oxygen atoms in total. The summed E-state index contributed by atoms with van der Waals surface area (Å²) < 4.78 is 11.1. The molecule has 1 aromatic heterocycles. The highest BCUT2D eigenvalue weighted by molar-refractivity contribution is 5.31. The minimum absolute atomic E-state index is 0.147. The van der Waals surface area contributed by atoms with E-state index in [0.717, 1.165) is 44.8 Å². The van der Waals surface area contributed by atoms with Crippen molar-refractivity contribution >= 4 is 0 Å². The number of ether oxygens (including phenoxy) is 1. The van der Waals surface area contributed by atoms with Gasteiger partial charge in [0, 0.05) is 19.0 Å². The summed E-state index contributed by atoms with van der Waals surface area (Å²) in [5.41, 5.74) is 2.88. The van der Waals surface area contributed by atoms with Crippen LogP contribution in [-0.2, 0) is 24.0 Å². The van der Waals surface area contributed by atoms with Gasteiger partial charge in [0.1, 0.15) is 0 Å². The predicted octanol–water partition coefficient (Wildman–Crippen LogP) is 1.87. The minimum atomic E-state index is 0.147. The second-order valence-corrected chi connectivity index (χ2v) is 6.16. The Labute approximate surface area is 130 Å². The van der Waals surface area contributed by atoms with E-state index >= 15 is 0 Å². The Morgan fingerprint density at radius 1 is 1.23 bits per heavy atom. The Morgan fingerprint density at radius 3 is 3.00 bits per heavy atom. The number of aryl methyl sites for hydroxylation is 1. The molecule has 2 heterocycles. The molecular weight excluding hydrogens is 278 g/mol. The van der Waals surface area contributed by atoms with Gasteiger partial charge < -0.3 is 14.6 Å². The zero-order chi connectivity index (χ0) is 14.8. The number of fused-ring (bicyclic) bond motifs is 1. The Balaban J connectivity index is 1.43. The zero-order valence-corrected chi connectivity index (χ0v) is 12.6. The normalized spacial score (nSPS) is 24.9. The first-order valence-corrected chi connectivity index (χ1v) is 8.10. The van der Waals surface area contributed by atoms with Gasteiger partial charge in [-0.15, -0.1) is 0 Å². The smallest absolute Gasteiger partial charge is 0.229 e. The molecule has 1 aliphatic heterocycles. The van der Waals surface area contributed by atoms with E-state index in [2.05, 4.69) is 39.7 Å². The average molecular weight is 299 g/mol. The topological polar surface area (TPSA) is 60.2 Å². The van der Waals surface area contributed by atoms with Gasteiger partial charge in [-0.1, -0.05) is 29.4 Å². The lowest BCUT2D eigenvalue weighted by Crippen LogP contribution is -2.39. The summed E-state index contributed by atoms with van der Waals surface area (Å²) in [5, 5.41) is 7.54. The Kier molecular flexibility index (Phi) is 3.91. The summed E-state index contributed by atoms with van der Waals surface area (Å²) in [6, 6.07) is 8.66. The van der Waals surface area contributed by atoms with E-state index in [1.165, 1.54) is 11.1 Å². The Morgan fingerprint density at radius 2 is 2.14 bits per heavy atom. The van der Waals surface area contributed by atoms with Gasteiger partial charge in [-0.25, -0.2) is 0 Å². The van der Waals surface area contributed by atoms with Crippen molar-refractivity contribution in [3.05, 3.63) is 47.1 Å². The first-order chi connectivity index (χ1) is 10.9. The van der Waals surface area contributed by atoms with Crippen molar-refractivity contribution in [2.45, 2.75) is 37.7 Å². The third-order valence-corrected chi connectivity index (χ3v) is 4.60. The summed E-state index contributed by atoms with van der Waals surface area (Å²) in [6.07, 6.45) is 4.05. The van der Waals surface area contributed by atoms with Gasteiger partial charge in [0.2, 0.25) is 5.89 Å². The monoisotopic (exact) mass is 299 g/mol. The van der Waals surface area contributed by atoms with Gasteiger partial charge in [-0.05, 0) is 30.4 Å². The van der Waals surface area contributed by atoms with Crippen LogP contribution in [0.5, 0.6) is 0 Å². The third kappa shape index (κ3) is 2.91. The summed E-state index contributed by atoms with van der Waals surface area (Å²) in [6.45, 7) is 2.53. The standard InChI is InChI=1S/C17H21N3O2/c1-2-4-13-9-14(6-5-12(13)3-1)17-19-16(22-20-17)10-15-11-18-7-8-21-15/h1-4,14-15,18H,5-11H2. The van der Waals surface area contributed by atoms with Crippen molar-refractivity contribution in [2.75, 3.05) is 19.7 Å². The molecule has 2 aromatic rings. The maximum Gasteiger partial charge on any atom is 0.229 e. The van der Waals surface area contributed by atoms with E-state index in [1.807, 2.05) is 0 Å². The summed E-state index contributed by atoms with van der Waals surface area (Å²) in [7, 11) is 0. The Bertz CT molecular complexity index is 634. The van der Waals surface area contributed by atoms with E-state index in [1.54, 1.807) is 0 Å². The largest absolute Gasteiger partial charge is 0.375 e. The van der Waals surface area contributed by atoms with Crippen LogP contribution in [0.25, 0.3) is 0 Å². The zero-order valence-electron chi connectivity index (χ0n) is 12.6. The SMILES string of the molecule is c1ccc2c(c1)CCC(c1noc(CC3CNCCO3)n1)C2. The maximum absolute atomic E-state index is 5.69. The molecule has 2 atom stereocenters. The third-order valence-electron chi connectivity index (χ3n) is 4.60. The fraction of sp³-hybridized carbons (Fsp3) is 0.529. The number of nitrogens with zero attached hydrogens (tertiary/aromatic N) is 2. The van der Waals surface area contributed by atoms with E-state index < -0.39 is 0 Å². The molecule has 0 spiro atoms. The van der Waals surface area contributed by atoms with Gasteiger partial charge in [0.25, 0.3) is 0 Å². The van der Waals surface area contributed by atoms with Crippen molar-refractivity contribution in [1.82, 2.24) is 15.5 Å². The number of hydrogen-bond acceptors (Lipinski definition) is 5. The molecule has 0 saturated carbocycles. The molecule has 4 rings (SSSR count). The highest BCUT2D eigenvalue weighted by Gasteiger charge is 2.25. The molecule has 22 heavy (non-hydrogen) atoms. The van der Waals surface area contributed by atoms with Crippen LogP contribution in [-0.4, -0.2) is 35.9 Å². The number of rotatable bonds is 3. The fourth-order valence-electron chi connectivity index (χ4n) is 3.38. The van der Waals surface area contributed by atoms with Crippen LogP contribution in [0.3, 0.4) is 0 Å². The lowest BCUT2D eigenvalue weighted by atomic mass is 9.83. The highest BCUT2D eigenvalue weighted by atomic mass is 16.5. The first-order valence-electron chi connectivity index (χ1n) is 8.10. The van der Waals surface area contributed by atoms with Crippen LogP contribution >= 0.6 is 0 Å². The number of nitrogens with one attached hydrogen (secondary N) is 1. The van der Waals surface area contributed by atoms with E-state index in [9.17, 15) is 0 Å². The van der Waals surface area contributed by atoms with E-state index in [0.29, 0.717) is 18.2 Å². The van der Waals surface area contributed by atoms with Crippen LogP contribution in [0.2, 0.25) is 0 Å². The molecule has 1 aromatic carbocycles. The summed E-state index contributed by atoms with van der Waals surface area (Å²) in [5.74, 6) is 1.92. The number of morpholine rings is 1. The Hall–Kier alpha value is -1.72. The molecule has 5 heteroatoms. The van der Waals surface area contributed by atoms with Crippen molar-refractivity contribution < 1.29 is 9.26 Å². The van der Waals surface area contributed by atoms with Crippen LogP contribution < -0.4 is 5.32 Å². The molecule has 1 aliphatic carbocycles. The number of aromatic nitrogens is 2. The van der Waals surface area contributed by atoms with E-state index in [-0.39, 0.29) is 6.10 Å². The molecule has 1 saturated heterocycles. The summed E-state index contributed by atoms with van der Waals surface area (Å²) >= 11 is 0. The molecule has 1 N–H and O–H groups in total. The van der Waals surface area contributed by atoms with Gasteiger partial charge in [-0.3, -0.25) is 0 Å². The molecular formula is C17H21N3O2. The highest BCUT2D eigenvalue weighted by Crippen LogP contribution is 2.31. The van der Waals surface area contributed by atoms with Crippen molar-refractivity contribution in [3.8, 4) is 0 Å². The lowest BCUT2D eigenvalue weighted by Gasteiger charge is -2.22. The molecule has 2 aliphatic rings. The van der Waals surface area contributed by atoms with Gasteiger partial charge in [0.05, 0.1) is 19.1 Å². The predicted molar refractivity (Wildman–Crippen MR) is 81.8 cm³/mol. The average Bonchev–Trinajstić information content (AvgIpc) is 3.04. The molecule has 0 radical (unpaired) electrons. The quantitative estimate of drug-likeness (QED) is 0.937.